The van der Waals surface area contributed by atoms with E-state index in [4.69, 9.17) is 14.2 Å². The van der Waals surface area contributed by atoms with Gasteiger partial charge in [0.05, 0.1) is 13.7 Å². The minimum Gasteiger partial charge on any atom is -0.493 e. The van der Waals surface area contributed by atoms with E-state index in [0.717, 1.165) is 44.1 Å². The number of benzene rings is 1. The van der Waals surface area contributed by atoms with Crippen molar-refractivity contribution >= 4 is 0 Å². The SMILES string of the molecule is CCOc1cc(CNC(C)C2CCOCC2)ccc1OC. The Morgan fingerprint density at radius 2 is 2.05 bits per heavy atom. The summed E-state index contributed by atoms with van der Waals surface area (Å²) < 4.78 is 16.4. The highest BCUT2D eigenvalue weighted by atomic mass is 16.5. The number of hydrogen-bond acceptors (Lipinski definition) is 4. The van der Waals surface area contributed by atoms with Crippen molar-refractivity contribution in [3.05, 3.63) is 23.8 Å². The van der Waals surface area contributed by atoms with E-state index < -0.39 is 0 Å². The molecule has 0 aromatic heterocycles. The van der Waals surface area contributed by atoms with Gasteiger partial charge >= 0.3 is 0 Å². The zero-order chi connectivity index (χ0) is 15.1. The highest BCUT2D eigenvalue weighted by molar-refractivity contribution is 5.42. The predicted molar refractivity (Wildman–Crippen MR) is 84.0 cm³/mol. The second-order valence-electron chi connectivity index (χ2n) is 5.54. The van der Waals surface area contributed by atoms with Crippen LogP contribution in [0.1, 0.15) is 32.3 Å². The molecular formula is C17H27NO3. The lowest BCUT2D eigenvalue weighted by Gasteiger charge is -2.28. The maximum absolute atomic E-state index is 5.62. The van der Waals surface area contributed by atoms with Gasteiger partial charge in [0.25, 0.3) is 0 Å². The van der Waals surface area contributed by atoms with Crippen molar-refractivity contribution in [1.82, 2.24) is 5.32 Å². The van der Waals surface area contributed by atoms with Gasteiger partial charge in [0.2, 0.25) is 0 Å². The fourth-order valence-corrected chi connectivity index (χ4v) is 2.76. The van der Waals surface area contributed by atoms with Crippen molar-refractivity contribution in [2.45, 2.75) is 39.3 Å². The second kappa shape index (κ2) is 8.25. The van der Waals surface area contributed by atoms with Crippen molar-refractivity contribution < 1.29 is 14.2 Å². The zero-order valence-corrected chi connectivity index (χ0v) is 13.4. The molecule has 4 nitrogen and oxygen atoms in total. The Bertz CT molecular complexity index is 430. The third-order valence-electron chi connectivity index (χ3n) is 4.13. The van der Waals surface area contributed by atoms with Gasteiger partial charge in [0.1, 0.15) is 0 Å². The van der Waals surface area contributed by atoms with Gasteiger partial charge in [-0.3, -0.25) is 0 Å². The van der Waals surface area contributed by atoms with Crippen LogP contribution in [0, 0.1) is 5.92 Å². The summed E-state index contributed by atoms with van der Waals surface area (Å²) in [5.41, 5.74) is 1.22. The Balaban J connectivity index is 1.91. The zero-order valence-electron chi connectivity index (χ0n) is 13.4. The highest BCUT2D eigenvalue weighted by Gasteiger charge is 2.20. The molecule has 1 aromatic rings. The fraction of sp³-hybridized carbons (Fsp3) is 0.647. The van der Waals surface area contributed by atoms with E-state index in [2.05, 4.69) is 24.4 Å². The smallest absolute Gasteiger partial charge is 0.161 e. The first-order valence-electron chi connectivity index (χ1n) is 7.85. The minimum absolute atomic E-state index is 0.506. The van der Waals surface area contributed by atoms with Crippen LogP contribution in [0.15, 0.2) is 18.2 Å². The molecule has 1 aliphatic heterocycles. The van der Waals surface area contributed by atoms with Gasteiger partial charge in [0.15, 0.2) is 11.5 Å². The number of rotatable bonds is 7. The number of methoxy groups -OCH3 is 1. The summed E-state index contributed by atoms with van der Waals surface area (Å²) in [4.78, 5) is 0. The number of ether oxygens (including phenoxy) is 3. The van der Waals surface area contributed by atoms with Crippen molar-refractivity contribution in [3.63, 3.8) is 0 Å². The average molecular weight is 293 g/mol. The minimum atomic E-state index is 0.506. The molecule has 0 bridgehead atoms. The van der Waals surface area contributed by atoms with Crippen LogP contribution < -0.4 is 14.8 Å². The van der Waals surface area contributed by atoms with Crippen molar-refractivity contribution in [1.29, 1.82) is 0 Å². The molecule has 0 aliphatic carbocycles. The third kappa shape index (κ3) is 4.61. The lowest BCUT2D eigenvalue weighted by atomic mass is 9.93. The van der Waals surface area contributed by atoms with Crippen LogP contribution >= 0.6 is 0 Å². The standard InChI is InChI=1S/C17H27NO3/c1-4-21-17-11-14(5-6-16(17)19-3)12-18-13(2)15-7-9-20-10-8-15/h5-6,11,13,15,18H,4,7-10,12H2,1-3H3. The fourth-order valence-electron chi connectivity index (χ4n) is 2.76. The molecule has 0 spiro atoms. The van der Waals surface area contributed by atoms with E-state index in [-0.39, 0.29) is 0 Å². The molecule has 1 aromatic carbocycles. The third-order valence-corrected chi connectivity index (χ3v) is 4.13. The van der Waals surface area contributed by atoms with Crippen molar-refractivity contribution in [2.24, 2.45) is 5.92 Å². The Hall–Kier alpha value is -1.26. The maximum atomic E-state index is 5.62. The normalized spacial score (nSPS) is 17.5. The summed E-state index contributed by atoms with van der Waals surface area (Å²) in [6.07, 6.45) is 2.31. The van der Waals surface area contributed by atoms with Crippen LogP contribution in [0.4, 0.5) is 0 Å². The van der Waals surface area contributed by atoms with Crippen LogP contribution in [0.2, 0.25) is 0 Å². The highest BCUT2D eigenvalue weighted by Crippen LogP contribution is 2.28. The monoisotopic (exact) mass is 293 g/mol. The molecule has 1 heterocycles. The largest absolute Gasteiger partial charge is 0.493 e. The quantitative estimate of drug-likeness (QED) is 0.839. The molecule has 2 rings (SSSR count). The first-order chi connectivity index (χ1) is 10.2. The van der Waals surface area contributed by atoms with Crippen LogP contribution in [0.5, 0.6) is 11.5 Å². The number of hydrogen-bond donors (Lipinski definition) is 1. The molecule has 1 fully saturated rings. The maximum Gasteiger partial charge on any atom is 0.161 e. The molecule has 4 heteroatoms. The topological polar surface area (TPSA) is 39.7 Å². The Morgan fingerprint density at radius 1 is 1.29 bits per heavy atom. The van der Waals surface area contributed by atoms with Crippen LogP contribution in [0.25, 0.3) is 0 Å². The summed E-state index contributed by atoms with van der Waals surface area (Å²) in [7, 11) is 1.67. The van der Waals surface area contributed by atoms with Crippen LogP contribution in [0.3, 0.4) is 0 Å². The summed E-state index contributed by atoms with van der Waals surface area (Å²) in [5.74, 6) is 2.32. The molecule has 0 amide bonds. The molecule has 1 saturated heterocycles. The Morgan fingerprint density at radius 3 is 2.71 bits per heavy atom. The molecular weight excluding hydrogens is 266 g/mol. The summed E-state index contributed by atoms with van der Waals surface area (Å²) in [6, 6.07) is 6.63. The molecule has 21 heavy (non-hydrogen) atoms. The summed E-state index contributed by atoms with van der Waals surface area (Å²) in [6.45, 7) is 7.54. The molecule has 1 atom stereocenters. The van der Waals surface area contributed by atoms with Crippen LogP contribution in [-0.4, -0.2) is 33.0 Å². The van der Waals surface area contributed by atoms with Gasteiger partial charge in [-0.05, 0) is 50.3 Å². The molecule has 0 radical (unpaired) electrons. The van der Waals surface area contributed by atoms with Gasteiger partial charge in [-0.15, -0.1) is 0 Å². The summed E-state index contributed by atoms with van der Waals surface area (Å²) in [5, 5.41) is 3.62. The van der Waals surface area contributed by atoms with E-state index in [9.17, 15) is 0 Å². The van der Waals surface area contributed by atoms with E-state index in [1.165, 1.54) is 5.56 Å². The van der Waals surface area contributed by atoms with E-state index in [1.807, 2.05) is 13.0 Å². The summed E-state index contributed by atoms with van der Waals surface area (Å²) >= 11 is 0. The molecule has 1 unspecified atom stereocenters. The Kier molecular flexibility index (Phi) is 6.33. The average Bonchev–Trinajstić information content (AvgIpc) is 2.54. The first kappa shape index (κ1) is 16.1. The molecule has 1 aliphatic rings. The second-order valence-corrected chi connectivity index (χ2v) is 5.54. The van der Waals surface area contributed by atoms with Crippen LogP contribution in [-0.2, 0) is 11.3 Å². The van der Waals surface area contributed by atoms with Gasteiger partial charge < -0.3 is 19.5 Å². The van der Waals surface area contributed by atoms with Gasteiger partial charge in [0, 0.05) is 25.8 Å². The van der Waals surface area contributed by atoms with Gasteiger partial charge in [-0.2, -0.15) is 0 Å². The van der Waals surface area contributed by atoms with E-state index in [1.54, 1.807) is 7.11 Å². The first-order valence-corrected chi connectivity index (χ1v) is 7.85. The lowest BCUT2D eigenvalue weighted by Crippen LogP contribution is -2.36. The van der Waals surface area contributed by atoms with Gasteiger partial charge in [-0.25, -0.2) is 0 Å². The van der Waals surface area contributed by atoms with Gasteiger partial charge in [-0.1, -0.05) is 6.07 Å². The van der Waals surface area contributed by atoms with E-state index in [0.29, 0.717) is 18.6 Å². The lowest BCUT2D eigenvalue weighted by molar-refractivity contribution is 0.0558. The Labute approximate surface area is 127 Å². The number of nitrogens with one attached hydrogen (secondary N) is 1. The van der Waals surface area contributed by atoms with Crippen molar-refractivity contribution in [3.8, 4) is 11.5 Å². The van der Waals surface area contributed by atoms with E-state index >= 15 is 0 Å². The molecule has 118 valence electrons. The molecule has 0 saturated carbocycles. The molecule has 1 N–H and O–H groups in total. The van der Waals surface area contributed by atoms with Crippen molar-refractivity contribution in [2.75, 3.05) is 26.9 Å². The predicted octanol–water partition coefficient (Wildman–Crippen LogP) is 3.00.